The van der Waals surface area contributed by atoms with Crippen LogP contribution >= 0.6 is 0 Å². The fourth-order valence-corrected chi connectivity index (χ4v) is 3.03. The largest absolute Gasteiger partial charge is 0.491 e. The molecule has 2 fully saturated rings. The standard InChI is InChI=1S/C18H25FN2O3/c1-23-11-14-3-2-8-21(10-14)18(22)20-16-7-6-15(19)9-17(16)24-12-13-4-5-13/h6-7,9,13-14H,2-5,8,10-12H2,1H3,(H,20,22)/t14-/m1/s1. The van der Waals surface area contributed by atoms with Crippen molar-refractivity contribution in [3.63, 3.8) is 0 Å². The molecule has 3 rings (SSSR count). The summed E-state index contributed by atoms with van der Waals surface area (Å²) < 4.78 is 24.4. The number of carbonyl (C=O) groups is 1. The first-order chi connectivity index (χ1) is 11.7. The molecule has 5 nitrogen and oxygen atoms in total. The van der Waals surface area contributed by atoms with Crippen LogP contribution in [0.2, 0.25) is 0 Å². The lowest BCUT2D eigenvalue weighted by atomic mass is 9.99. The van der Waals surface area contributed by atoms with Gasteiger partial charge in [0, 0.05) is 32.2 Å². The fourth-order valence-electron chi connectivity index (χ4n) is 3.03. The van der Waals surface area contributed by atoms with Crippen LogP contribution in [-0.2, 0) is 4.74 Å². The molecule has 0 spiro atoms. The van der Waals surface area contributed by atoms with E-state index in [-0.39, 0.29) is 11.8 Å². The number of methoxy groups -OCH3 is 1. The minimum atomic E-state index is -0.364. The van der Waals surface area contributed by atoms with Crippen LogP contribution in [0.3, 0.4) is 0 Å². The average Bonchev–Trinajstić information content (AvgIpc) is 3.40. The third-order valence-electron chi connectivity index (χ3n) is 4.57. The van der Waals surface area contributed by atoms with Gasteiger partial charge in [0.15, 0.2) is 0 Å². The van der Waals surface area contributed by atoms with Gasteiger partial charge in [0.1, 0.15) is 11.6 Å². The van der Waals surface area contributed by atoms with E-state index in [4.69, 9.17) is 9.47 Å². The average molecular weight is 336 g/mol. The van der Waals surface area contributed by atoms with E-state index in [0.29, 0.717) is 43.0 Å². The number of nitrogens with zero attached hydrogens (tertiary/aromatic N) is 1. The SMILES string of the molecule is COC[C@@H]1CCCN(C(=O)Nc2ccc(F)cc2OCC2CC2)C1. The van der Waals surface area contributed by atoms with E-state index in [2.05, 4.69) is 5.32 Å². The summed E-state index contributed by atoms with van der Waals surface area (Å²) in [6.45, 7) is 2.65. The van der Waals surface area contributed by atoms with Gasteiger partial charge in [-0.2, -0.15) is 0 Å². The minimum absolute atomic E-state index is 0.168. The fraction of sp³-hybridized carbons (Fsp3) is 0.611. The number of rotatable bonds is 6. The van der Waals surface area contributed by atoms with Crippen LogP contribution in [0.4, 0.5) is 14.9 Å². The van der Waals surface area contributed by atoms with Crippen molar-refractivity contribution < 1.29 is 18.7 Å². The van der Waals surface area contributed by atoms with E-state index in [1.807, 2.05) is 0 Å². The third-order valence-corrected chi connectivity index (χ3v) is 4.57. The van der Waals surface area contributed by atoms with Crippen molar-refractivity contribution in [3.05, 3.63) is 24.0 Å². The van der Waals surface area contributed by atoms with Gasteiger partial charge in [0.05, 0.1) is 18.9 Å². The number of nitrogens with one attached hydrogen (secondary N) is 1. The van der Waals surface area contributed by atoms with Gasteiger partial charge in [0.2, 0.25) is 0 Å². The summed E-state index contributed by atoms with van der Waals surface area (Å²) in [6.07, 6.45) is 4.36. The van der Waals surface area contributed by atoms with Crippen molar-refractivity contribution in [3.8, 4) is 5.75 Å². The Labute approximate surface area is 142 Å². The highest BCUT2D eigenvalue weighted by atomic mass is 19.1. The molecule has 132 valence electrons. The summed E-state index contributed by atoms with van der Waals surface area (Å²) in [7, 11) is 1.68. The molecule has 1 aliphatic heterocycles. The Morgan fingerprint density at radius 3 is 2.88 bits per heavy atom. The van der Waals surface area contributed by atoms with Gasteiger partial charge in [0.25, 0.3) is 0 Å². The second-order valence-electron chi connectivity index (χ2n) is 6.73. The van der Waals surface area contributed by atoms with Gasteiger partial charge in [-0.3, -0.25) is 0 Å². The zero-order valence-corrected chi connectivity index (χ0v) is 14.1. The Hall–Kier alpha value is -1.82. The van der Waals surface area contributed by atoms with Crippen LogP contribution in [0.5, 0.6) is 5.75 Å². The van der Waals surface area contributed by atoms with Crippen LogP contribution < -0.4 is 10.1 Å². The Balaban J connectivity index is 1.62. The number of benzene rings is 1. The molecule has 1 N–H and O–H groups in total. The number of hydrogen-bond acceptors (Lipinski definition) is 3. The van der Waals surface area contributed by atoms with Gasteiger partial charge in [-0.25, -0.2) is 9.18 Å². The van der Waals surface area contributed by atoms with E-state index in [1.165, 1.54) is 12.1 Å². The molecule has 6 heteroatoms. The van der Waals surface area contributed by atoms with Crippen molar-refractivity contribution in [2.45, 2.75) is 25.7 Å². The first-order valence-electron chi connectivity index (χ1n) is 8.63. The molecule has 1 aliphatic carbocycles. The van der Waals surface area contributed by atoms with E-state index < -0.39 is 0 Å². The molecular weight excluding hydrogens is 311 g/mol. The number of likely N-dealkylation sites (tertiary alicyclic amines) is 1. The maximum Gasteiger partial charge on any atom is 0.321 e. The van der Waals surface area contributed by atoms with Crippen molar-refractivity contribution in [2.75, 3.05) is 38.7 Å². The molecule has 1 aromatic carbocycles. The second-order valence-corrected chi connectivity index (χ2v) is 6.73. The van der Waals surface area contributed by atoms with Crippen molar-refractivity contribution >= 4 is 11.7 Å². The Bertz CT molecular complexity index is 575. The molecule has 0 unspecified atom stereocenters. The predicted molar refractivity (Wildman–Crippen MR) is 89.8 cm³/mol. The lowest BCUT2D eigenvalue weighted by molar-refractivity contribution is 0.104. The van der Waals surface area contributed by atoms with Gasteiger partial charge >= 0.3 is 6.03 Å². The van der Waals surface area contributed by atoms with Crippen LogP contribution in [0.15, 0.2) is 18.2 Å². The number of anilines is 1. The monoisotopic (exact) mass is 336 g/mol. The molecule has 2 aliphatic rings. The zero-order valence-electron chi connectivity index (χ0n) is 14.1. The maximum absolute atomic E-state index is 13.5. The van der Waals surface area contributed by atoms with Gasteiger partial charge < -0.3 is 19.7 Å². The van der Waals surface area contributed by atoms with Crippen molar-refractivity contribution in [1.82, 2.24) is 4.90 Å². The van der Waals surface area contributed by atoms with Crippen molar-refractivity contribution in [2.24, 2.45) is 11.8 Å². The Morgan fingerprint density at radius 1 is 1.29 bits per heavy atom. The van der Waals surface area contributed by atoms with E-state index in [9.17, 15) is 9.18 Å². The molecule has 24 heavy (non-hydrogen) atoms. The van der Waals surface area contributed by atoms with E-state index in [1.54, 1.807) is 18.1 Å². The molecule has 0 aromatic heterocycles. The number of urea groups is 1. The summed E-state index contributed by atoms with van der Waals surface area (Å²) in [5.41, 5.74) is 0.524. The highest BCUT2D eigenvalue weighted by Gasteiger charge is 2.25. The normalized spacial score (nSPS) is 20.8. The number of ether oxygens (including phenoxy) is 2. The predicted octanol–water partition coefficient (Wildman–Crippen LogP) is 3.50. The minimum Gasteiger partial charge on any atom is -0.491 e. The highest BCUT2D eigenvalue weighted by molar-refractivity contribution is 5.91. The van der Waals surface area contributed by atoms with Gasteiger partial charge in [-0.15, -0.1) is 0 Å². The number of halogens is 1. The first-order valence-corrected chi connectivity index (χ1v) is 8.63. The molecule has 1 saturated heterocycles. The van der Waals surface area contributed by atoms with Crippen LogP contribution in [-0.4, -0.2) is 44.3 Å². The van der Waals surface area contributed by atoms with E-state index in [0.717, 1.165) is 32.2 Å². The van der Waals surface area contributed by atoms with Crippen LogP contribution in [0, 0.1) is 17.7 Å². The smallest absolute Gasteiger partial charge is 0.321 e. The maximum atomic E-state index is 13.5. The lowest BCUT2D eigenvalue weighted by Gasteiger charge is -2.32. The third kappa shape index (κ3) is 4.60. The van der Waals surface area contributed by atoms with Crippen LogP contribution in [0.1, 0.15) is 25.7 Å². The molecule has 1 heterocycles. The van der Waals surface area contributed by atoms with Crippen molar-refractivity contribution in [1.29, 1.82) is 0 Å². The molecule has 1 atom stereocenters. The van der Waals surface area contributed by atoms with Gasteiger partial charge in [-0.1, -0.05) is 0 Å². The highest BCUT2D eigenvalue weighted by Crippen LogP contribution is 2.32. The first kappa shape index (κ1) is 17.0. The zero-order chi connectivity index (χ0) is 16.9. The Morgan fingerprint density at radius 2 is 2.12 bits per heavy atom. The number of hydrogen-bond donors (Lipinski definition) is 1. The Kier molecular flexibility index (Phi) is 5.56. The molecule has 2 amide bonds. The summed E-state index contributed by atoms with van der Waals surface area (Å²) in [4.78, 5) is 14.3. The topological polar surface area (TPSA) is 50.8 Å². The second kappa shape index (κ2) is 7.83. The molecule has 1 saturated carbocycles. The molecule has 0 radical (unpaired) electrons. The number of amides is 2. The summed E-state index contributed by atoms with van der Waals surface area (Å²) in [5.74, 6) is 0.972. The van der Waals surface area contributed by atoms with E-state index >= 15 is 0 Å². The number of piperidine rings is 1. The van der Waals surface area contributed by atoms with Gasteiger partial charge in [-0.05, 0) is 43.7 Å². The number of carbonyl (C=O) groups excluding carboxylic acids is 1. The van der Waals surface area contributed by atoms with Crippen LogP contribution in [0.25, 0.3) is 0 Å². The summed E-state index contributed by atoms with van der Waals surface area (Å²) in [6, 6.07) is 4.07. The molecular formula is C18H25FN2O3. The summed E-state index contributed by atoms with van der Waals surface area (Å²) in [5, 5.41) is 2.87. The summed E-state index contributed by atoms with van der Waals surface area (Å²) >= 11 is 0. The lowest BCUT2D eigenvalue weighted by Crippen LogP contribution is -2.43. The molecule has 1 aromatic rings. The molecule has 0 bridgehead atoms. The quantitative estimate of drug-likeness (QED) is 0.865.